The number of aromatic amines is 1. The lowest BCUT2D eigenvalue weighted by Gasteiger charge is -2.02. The average Bonchev–Trinajstić information content (AvgIpc) is 2.71. The molecule has 0 saturated carbocycles. The number of hydrogen-bond acceptors (Lipinski definition) is 3. The molecule has 0 aliphatic rings. The molecule has 0 saturated heterocycles. The molecule has 6 nitrogen and oxygen atoms in total. The van der Waals surface area contributed by atoms with Gasteiger partial charge in [-0.25, -0.2) is 13.5 Å². The Kier molecular flexibility index (Phi) is 2.92. The standard InChI is InChI=1S/C10H7F2N3O3/c11-10(12)6-5-9(16)14(13-6)7-3-1-2-4-8(7)15(17)18/h1-5,10,13H. The number of rotatable bonds is 3. The molecule has 8 heteroatoms. The zero-order valence-electron chi connectivity index (χ0n) is 8.84. The highest BCUT2D eigenvalue weighted by molar-refractivity contribution is 5.51. The lowest BCUT2D eigenvalue weighted by atomic mass is 10.3. The largest absolute Gasteiger partial charge is 0.294 e. The first kappa shape index (κ1) is 12.0. The van der Waals surface area contributed by atoms with Crippen molar-refractivity contribution in [2.75, 3.05) is 0 Å². The van der Waals surface area contributed by atoms with Crippen LogP contribution in [0.3, 0.4) is 0 Å². The summed E-state index contributed by atoms with van der Waals surface area (Å²) < 4.78 is 25.6. The fraction of sp³-hybridized carbons (Fsp3) is 0.100. The molecule has 0 aliphatic carbocycles. The smallest absolute Gasteiger partial charge is 0.289 e. The predicted molar refractivity (Wildman–Crippen MR) is 58.0 cm³/mol. The van der Waals surface area contributed by atoms with Crippen LogP contribution in [0.2, 0.25) is 0 Å². The van der Waals surface area contributed by atoms with Gasteiger partial charge < -0.3 is 0 Å². The first-order valence-corrected chi connectivity index (χ1v) is 4.84. The van der Waals surface area contributed by atoms with Gasteiger partial charge in [-0.15, -0.1) is 0 Å². The maximum Gasteiger partial charge on any atom is 0.294 e. The lowest BCUT2D eigenvalue weighted by molar-refractivity contribution is -0.384. The molecule has 0 fully saturated rings. The molecular weight excluding hydrogens is 248 g/mol. The number of nitrogens with zero attached hydrogens (tertiary/aromatic N) is 2. The minimum atomic E-state index is -2.85. The van der Waals surface area contributed by atoms with Crippen LogP contribution in [0.15, 0.2) is 35.1 Å². The highest BCUT2D eigenvalue weighted by Gasteiger charge is 2.19. The molecule has 0 spiro atoms. The van der Waals surface area contributed by atoms with Crippen molar-refractivity contribution in [1.82, 2.24) is 9.78 Å². The van der Waals surface area contributed by atoms with Crippen molar-refractivity contribution in [3.8, 4) is 5.69 Å². The van der Waals surface area contributed by atoms with Crippen LogP contribution in [0.25, 0.3) is 5.69 Å². The Balaban J connectivity index is 2.62. The van der Waals surface area contributed by atoms with E-state index in [2.05, 4.69) is 5.10 Å². The Labute approximate surface area is 98.6 Å². The minimum Gasteiger partial charge on any atom is -0.289 e. The normalized spacial score (nSPS) is 10.8. The number of nitrogens with one attached hydrogen (secondary N) is 1. The SMILES string of the molecule is O=c1cc(C(F)F)[nH]n1-c1ccccc1[N+](=O)[O-]. The van der Waals surface area contributed by atoms with E-state index in [1.807, 2.05) is 0 Å². The van der Waals surface area contributed by atoms with Gasteiger partial charge in [0.15, 0.2) is 0 Å². The molecule has 0 amide bonds. The summed E-state index contributed by atoms with van der Waals surface area (Å²) in [6.45, 7) is 0. The second-order valence-corrected chi connectivity index (χ2v) is 3.43. The van der Waals surface area contributed by atoms with E-state index < -0.39 is 22.6 Å². The highest BCUT2D eigenvalue weighted by atomic mass is 19.3. The van der Waals surface area contributed by atoms with Crippen LogP contribution in [-0.4, -0.2) is 14.7 Å². The quantitative estimate of drug-likeness (QED) is 0.672. The molecule has 0 aliphatic heterocycles. The van der Waals surface area contributed by atoms with E-state index in [0.29, 0.717) is 6.07 Å². The number of hydrogen-bond donors (Lipinski definition) is 1. The maximum atomic E-state index is 12.4. The Morgan fingerprint density at radius 3 is 2.56 bits per heavy atom. The number of halogens is 2. The summed E-state index contributed by atoms with van der Waals surface area (Å²) in [5.74, 6) is 0. The number of alkyl halides is 2. The first-order chi connectivity index (χ1) is 8.50. The van der Waals surface area contributed by atoms with Crippen LogP contribution >= 0.6 is 0 Å². The van der Waals surface area contributed by atoms with Crippen molar-refractivity contribution in [3.05, 3.63) is 56.5 Å². The zero-order chi connectivity index (χ0) is 13.3. The third kappa shape index (κ3) is 1.99. The van der Waals surface area contributed by atoms with Gasteiger partial charge in [0.2, 0.25) is 0 Å². The van der Waals surface area contributed by atoms with Crippen molar-refractivity contribution in [2.45, 2.75) is 6.43 Å². The lowest BCUT2D eigenvalue weighted by Crippen LogP contribution is -2.14. The molecule has 2 rings (SSSR count). The zero-order valence-corrected chi connectivity index (χ0v) is 8.84. The van der Waals surface area contributed by atoms with Crippen LogP contribution < -0.4 is 5.56 Å². The second kappa shape index (κ2) is 4.40. The summed E-state index contributed by atoms with van der Waals surface area (Å²) in [4.78, 5) is 21.6. The predicted octanol–water partition coefficient (Wildman–Crippen LogP) is 2.01. The number of nitro groups is 1. The van der Waals surface area contributed by atoms with E-state index in [1.165, 1.54) is 24.3 Å². The number of nitro benzene ring substituents is 1. The van der Waals surface area contributed by atoms with Crippen LogP contribution in [0.1, 0.15) is 12.1 Å². The van der Waals surface area contributed by atoms with Crippen molar-refractivity contribution < 1.29 is 13.7 Å². The topological polar surface area (TPSA) is 80.9 Å². The van der Waals surface area contributed by atoms with E-state index in [1.54, 1.807) is 0 Å². The van der Waals surface area contributed by atoms with Crippen LogP contribution in [0.5, 0.6) is 0 Å². The van der Waals surface area contributed by atoms with Crippen LogP contribution in [-0.2, 0) is 0 Å². The van der Waals surface area contributed by atoms with Gasteiger partial charge in [-0.3, -0.25) is 20.0 Å². The van der Waals surface area contributed by atoms with Gasteiger partial charge in [-0.05, 0) is 6.07 Å². The summed E-state index contributed by atoms with van der Waals surface area (Å²) in [7, 11) is 0. The Morgan fingerprint density at radius 2 is 2.00 bits per heavy atom. The third-order valence-corrected chi connectivity index (χ3v) is 2.29. The summed E-state index contributed by atoms with van der Waals surface area (Å²) in [5.41, 5.74) is -1.79. The molecule has 1 N–H and O–H groups in total. The van der Waals surface area contributed by atoms with Crippen molar-refractivity contribution in [2.24, 2.45) is 0 Å². The average molecular weight is 255 g/mol. The third-order valence-electron chi connectivity index (χ3n) is 2.29. The molecule has 1 aromatic heterocycles. The minimum absolute atomic E-state index is 0.0839. The van der Waals surface area contributed by atoms with Crippen molar-refractivity contribution in [3.63, 3.8) is 0 Å². The molecule has 94 valence electrons. The number of benzene rings is 1. The summed E-state index contributed by atoms with van der Waals surface area (Å²) in [5, 5.41) is 12.9. The maximum absolute atomic E-state index is 12.4. The molecule has 0 bridgehead atoms. The van der Waals surface area contributed by atoms with Crippen LogP contribution in [0, 0.1) is 10.1 Å². The van der Waals surface area contributed by atoms with E-state index in [4.69, 9.17) is 0 Å². The summed E-state index contributed by atoms with van der Waals surface area (Å²) in [6, 6.07) is 6.08. The van der Waals surface area contributed by atoms with E-state index >= 15 is 0 Å². The molecule has 0 unspecified atom stereocenters. The van der Waals surface area contributed by atoms with Gasteiger partial charge in [0.25, 0.3) is 17.7 Å². The first-order valence-electron chi connectivity index (χ1n) is 4.84. The summed E-state index contributed by atoms with van der Waals surface area (Å²) in [6.07, 6.45) is -2.85. The molecular formula is C10H7F2N3O3. The summed E-state index contributed by atoms with van der Waals surface area (Å²) >= 11 is 0. The Hall–Kier alpha value is -2.51. The van der Waals surface area contributed by atoms with E-state index in [-0.39, 0.29) is 11.4 Å². The number of H-pyrrole nitrogens is 1. The molecule has 1 heterocycles. The molecule has 1 aromatic carbocycles. The Morgan fingerprint density at radius 1 is 1.33 bits per heavy atom. The van der Waals surface area contributed by atoms with Gasteiger partial charge in [0.1, 0.15) is 11.4 Å². The van der Waals surface area contributed by atoms with Gasteiger partial charge in [0, 0.05) is 12.1 Å². The van der Waals surface area contributed by atoms with E-state index in [0.717, 1.165) is 4.68 Å². The van der Waals surface area contributed by atoms with Crippen molar-refractivity contribution in [1.29, 1.82) is 0 Å². The Bertz CT molecular complexity index is 648. The molecule has 18 heavy (non-hydrogen) atoms. The highest BCUT2D eigenvalue weighted by Crippen LogP contribution is 2.21. The molecule has 0 radical (unpaired) electrons. The van der Waals surface area contributed by atoms with E-state index in [9.17, 15) is 23.7 Å². The fourth-order valence-corrected chi connectivity index (χ4v) is 1.51. The van der Waals surface area contributed by atoms with Crippen molar-refractivity contribution >= 4 is 5.69 Å². The second-order valence-electron chi connectivity index (χ2n) is 3.43. The number of para-hydroxylation sites is 2. The fourth-order valence-electron chi connectivity index (χ4n) is 1.51. The monoisotopic (exact) mass is 255 g/mol. The van der Waals surface area contributed by atoms with Gasteiger partial charge in [-0.1, -0.05) is 12.1 Å². The van der Waals surface area contributed by atoms with Crippen LogP contribution in [0.4, 0.5) is 14.5 Å². The molecule has 0 atom stereocenters. The van der Waals surface area contributed by atoms with Gasteiger partial charge in [-0.2, -0.15) is 0 Å². The van der Waals surface area contributed by atoms with Gasteiger partial charge >= 0.3 is 0 Å². The number of aromatic nitrogens is 2. The molecule has 2 aromatic rings. The van der Waals surface area contributed by atoms with Gasteiger partial charge in [0.05, 0.1) is 4.92 Å².